The van der Waals surface area contributed by atoms with Gasteiger partial charge in [0.25, 0.3) is 11.8 Å². The molecule has 3 rings (SSSR count). The maximum atomic E-state index is 12.6. The second-order valence-electron chi connectivity index (χ2n) is 5.97. The third-order valence-corrected chi connectivity index (χ3v) is 6.09. The number of carboxylic acid groups (broad SMARTS) is 1. The maximum Gasteiger partial charge on any atom is 0.329 e. The molecule has 0 aliphatic carbocycles. The van der Waals surface area contributed by atoms with Gasteiger partial charge in [-0.05, 0) is 54.0 Å². The van der Waals surface area contributed by atoms with Gasteiger partial charge in [0.15, 0.2) is 0 Å². The first-order valence-corrected chi connectivity index (χ1v) is 10.1. The molecule has 6 nitrogen and oxygen atoms in total. The van der Waals surface area contributed by atoms with Crippen molar-refractivity contribution in [2.24, 2.45) is 0 Å². The third kappa shape index (κ3) is 4.08. The molecule has 136 valence electrons. The molecular weight excluding hydrogens is 372 g/mol. The number of carboxylic acids is 1. The first-order valence-electron chi connectivity index (χ1n) is 8.09. The van der Waals surface area contributed by atoms with Gasteiger partial charge in [-0.3, -0.25) is 9.59 Å². The van der Waals surface area contributed by atoms with Crippen LogP contribution in [-0.2, 0) is 4.79 Å². The number of rotatable bonds is 5. The minimum Gasteiger partial charge on any atom is -0.480 e. The molecule has 1 aliphatic rings. The van der Waals surface area contributed by atoms with Crippen LogP contribution in [0.25, 0.3) is 0 Å². The number of thioether (sulfide) groups is 1. The van der Waals surface area contributed by atoms with E-state index in [1.807, 2.05) is 5.38 Å². The number of carbonyl (C=O) groups is 3. The maximum absolute atomic E-state index is 12.6. The molecule has 0 spiro atoms. The van der Waals surface area contributed by atoms with Crippen LogP contribution < -0.4 is 10.6 Å². The monoisotopic (exact) mass is 390 g/mol. The molecule has 8 heteroatoms. The highest BCUT2D eigenvalue weighted by Gasteiger charge is 2.41. The van der Waals surface area contributed by atoms with Crippen molar-refractivity contribution in [2.75, 3.05) is 16.8 Å². The molecule has 0 radical (unpaired) electrons. The zero-order chi connectivity index (χ0) is 18.6. The van der Waals surface area contributed by atoms with Crippen molar-refractivity contribution in [3.05, 3.63) is 52.2 Å². The fourth-order valence-corrected chi connectivity index (χ4v) is 4.55. The number of anilines is 1. The van der Waals surface area contributed by atoms with Crippen LogP contribution in [0.1, 0.15) is 32.9 Å². The van der Waals surface area contributed by atoms with Gasteiger partial charge in [-0.15, -0.1) is 11.3 Å². The topological polar surface area (TPSA) is 95.5 Å². The average Bonchev–Trinajstić information content (AvgIpc) is 3.17. The van der Waals surface area contributed by atoms with Crippen molar-refractivity contribution in [1.29, 1.82) is 0 Å². The summed E-state index contributed by atoms with van der Waals surface area (Å²) < 4.78 is 0. The van der Waals surface area contributed by atoms with E-state index in [1.54, 1.807) is 48.2 Å². The van der Waals surface area contributed by atoms with Crippen LogP contribution in [-0.4, -0.2) is 39.9 Å². The lowest BCUT2D eigenvalue weighted by atomic mass is 9.92. The highest BCUT2D eigenvalue weighted by Crippen LogP contribution is 2.28. The van der Waals surface area contributed by atoms with Gasteiger partial charge in [0, 0.05) is 11.3 Å². The summed E-state index contributed by atoms with van der Waals surface area (Å²) in [5.74, 6) is -0.309. The SMILES string of the molecule is O=C(NC1(C(=O)O)CCSCC1)c1cccc(NC(=O)c2cccs2)c1. The lowest BCUT2D eigenvalue weighted by molar-refractivity contribution is -0.144. The van der Waals surface area contributed by atoms with E-state index in [1.165, 1.54) is 11.3 Å². The van der Waals surface area contributed by atoms with E-state index in [-0.39, 0.29) is 5.91 Å². The molecule has 1 aromatic carbocycles. The van der Waals surface area contributed by atoms with Crippen LogP contribution in [0.2, 0.25) is 0 Å². The van der Waals surface area contributed by atoms with Crippen LogP contribution in [0.3, 0.4) is 0 Å². The van der Waals surface area contributed by atoms with E-state index in [4.69, 9.17) is 0 Å². The van der Waals surface area contributed by atoms with Gasteiger partial charge in [0.05, 0.1) is 4.88 Å². The normalized spacial score (nSPS) is 15.8. The summed E-state index contributed by atoms with van der Waals surface area (Å²) >= 11 is 3.01. The van der Waals surface area contributed by atoms with Gasteiger partial charge in [-0.25, -0.2) is 4.79 Å². The number of hydrogen-bond acceptors (Lipinski definition) is 5. The number of thiophene rings is 1. The summed E-state index contributed by atoms with van der Waals surface area (Å²) in [6, 6.07) is 10.00. The Labute approximate surface area is 159 Å². The second kappa shape index (κ2) is 7.92. The number of amides is 2. The van der Waals surface area contributed by atoms with Crippen molar-refractivity contribution in [1.82, 2.24) is 5.32 Å². The van der Waals surface area contributed by atoms with Crippen molar-refractivity contribution in [2.45, 2.75) is 18.4 Å². The minimum atomic E-state index is -1.22. The van der Waals surface area contributed by atoms with E-state index < -0.39 is 17.4 Å². The number of carbonyl (C=O) groups excluding carboxylic acids is 2. The molecule has 1 aromatic heterocycles. The molecule has 1 fully saturated rings. The first-order chi connectivity index (χ1) is 12.5. The van der Waals surface area contributed by atoms with E-state index in [9.17, 15) is 19.5 Å². The predicted octanol–water partition coefficient (Wildman–Crippen LogP) is 3.08. The van der Waals surface area contributed by atoms with Gasteiger partial charge in [0.1, 0.15) is 5.54 Å². The lowest BCUT2D eigenvalue weighted by Gasteiger charge is -2.33. The van der Waals surface area contributed by atoms with Gasteiger partial charge in [0.2, 0.25) is 0 Å². The standard InChI is InChI=1S/C18H18N2O4S2/c21-15(20-18(17(23)24)6-9-25-10-7-18)12-3-1-4-13(11-12)19-16(22)14-5-2-8-26-14/h1-5,8,11H,6-7,9-10H2,(H,19,22)(H,20,21)(H,23,24). The Bertz CT molecular complexity index is 814. The molecular formula is C18H18N2O4S2. The Balaban J connectivity index is 1.73. The van der Waals surface area contributed by atoms with Crippen LogP contribution in [0.5, 0.6) is 0 Å². The number of nitrogens with one attached hydrogen (secondary N) is 2. The van der Waals surface area contributed by atoms with E-state index in [0.717, 1.165) is 0 Å². The fourth-order valence-electron chi connectivity index (χ4n) is 2.74. The van der Waals surface area contributed by atoms with Crippen LogP contribution >= 0.6 is 23.1 Å². The molecule has 1 saturated heterocycles. The minimum absolute atomic E-state index is 0.246. The Morgan fingerprint density at radius 2 is 1.81 bits per heavy atom. The lowest BCUT2D eigenvalue weighted by Crippen LogP contribution is -2.56. The Morgan fingerprint density at radius 3 is 2.46 bits per heavy atom. The summed E-state index contributed by atoms with van der Waals surface area (Å²) in [6.45, 7) is 0. The Morgan fingerprint density at radius 1 is 1.04 bits per heavy atom. The molecule has 0 saturated carbocycles. The van der Waals surface area contributed by atoms with Gasteiger partial charge in [-0.1, -0.05) is 12.1 Å². The third-order valence-electron chi connectivity index (χ3n) is 4.24. The van der Waals surface area contributed by atoms with Gasteiger partial charge in [-0.2, -0.15) is 11.8 Å². The summed E-state index contributed by atoms with van der Waals surface area (Å²) in [6.07, 6.45) is 0.793. The molecule has 0 bridgehead atoms. The largest absolute Gasteiger partial charge is 0.480 e. The summed E-state index contributed by atoms with van der Waals surface area (Å²) in [5.41, 5.74) is -0.425. The number of aliphatic carboxylic acids is 1. The molecule has 2 aromatic rings. The molecule has 1 aliphatic heterocycles. The molecule has 2 amide bonds. The van der Waals surface area contributed by atoms with E-state index in [0.29, 0.717) is 40.5 Å². The van der Waals surface area contributed by atoms with Crippen molar-refractivity contribution in [3.8, 4) is 0 Å². The average molecular weight is 390 g/mol. The van der Waals surface area contributed by atoms with Crippen LogP contribution in [0, 0.1) is 0 Å². The van der Waals surface area contributed by atoms with E-state index in [2.05, 4.69) is 10.6 Å². The molecule has 3 N–H and O–H groups in total. The summed E-state index contributed by atoms with van der Waals surface area (Å²) in [5, 5.41) is 16.8. The Hall–Kier alpha value is -2.32. The van der Waals surface area contributed by atoms with Crippen molar-refractivity contribution >= 4 is 46.6 Å². The smallest absolute Gasteiger partial charge is 0.329 e. The van der Waals surface area contributed by atoms with Crippen LogP contribution in [0.15, 0.2) is 41.8 Å². The molecule has 26 heavy (non-hydrogen) atoms. The number of hydrogen-bond donors (Lipinski definition) is 3. The predicted molar refractivity (Wildman–Crippen MR) is 103 cm³/mol. The van der Waals surface area contributed by atoms with Crippen molar-refractivity contribution < 1.29 is 19.5 Å². The highest BCUT2D eigenvalue weighted by atomic mass is 32.2. The van der Waals surface area contributed by atoms with Crippen LogP contribution in [0.4, 0.5) is 5.69 Å². The Kier molecular flexibility index (Phi) is 5.63. The summed E-state index contributed by atoms with van der Waals surface area (Å²) in [4.78, 5) is 37.0. The van der Waals surface area contributed by atoms with Crippen molar-refractivity contribution in [3.63, 3.8) is 0 Å². The zero-order valence-corrected chi connectivity index (χ0v) is 15.5. The fraction of sp³-hybridized carbons (Fsp3) is 0.278. The summed E-state index contributed by atoms with van der Waals surface area (Å²) in [7, 11) is 0. The quantitative estimate of drug-likeness (QED) is 0.729. The van der Waals surface area contributed by atoms with Gasteiger partial charge < -0.3 is 15.7 Å². The first kappa shape index (κ1) is 18.5. The van der Waals surface area contributed by atoms with E-state index >= 15 is 0 Å². The van der Waals surface area contributed by atoms with Gasteiger partial charge >= 0.3 is 5.97 Å². The molecule has 0 unspecified atom stereocenters. The highest BCUT2D eigenvalue weighted by molar-refractivity contribution is 7.99. The second-order valence-corrected chi connectivity index (χ2v) is 8.14. The number of benzene rings is 1. The molecule has 2 heterocycles. The zero-order valence-electron chi connectivity index (χ0n) is 13.9. The molecule has 0 atom stereocenters.